The van der Waals surface area contributed by atoms with E-state index < -0.39 is 27.3 Å². The van der Waals surface area contributed by atoms with Gasteiger partial charge < -0.3 is 9.87 Å². The Morgan fingerprint density at radius 2 is 1.87 bits per heavy atom. The fraction of sp³-hybridized carbons (Fsp3) is 0.625. The Morgan fingerprint density at radius 1 is 1.47 bits per heavy atom. The van der Waals surface area contributed by atoms with Crippen molar-refractivity contribution in [1.29, 1.82) is 0 Å². The number of hydrogen-bond donors (Lipinski definition) is 1. The summed E-state index contributed by atoms with van der Waals surface area (Å²) in [6, 6.07) is 0. The fourth-order valence-electron chi connectivity index (χ4n) is 0.892. The molecule has 82 valence electrons. The van der Waals surface area contributed by atoms with E-state index in [1.807, 2.05) is 0 Å². The van der Waals surface area contributed by atoms with Crippen LogP contribution in [0.15, 0.2) is 12.2 Å². The van der Waals surface area contributed by atoms with Crippen LogP contribution in [0.5, 0.6) is 0 Å². The van der Waals surface area contributed by atoms with Gasteiger partial charge in [-0.2, -0.15) is 0 Å². The first-order valence-corrected chi connectivity index (χ1v) is 5.53. The molecule has 0 unspecified atom stereocenters. The summed E-state index contributed by atoms with van der Waals surface area (Å²) in [7, 11) is -4.35. The molecule has 0 aliphatic carbocycles. The summed E-state index contributed by atoms with van der Waals surface area (Å²) in [4.78, 5) is 11.1. The molecule has 0 heterocycles. The van der Waals surface area contributed by atoms with Crippen LogP contribution in [0.25, 0.3) is 0 Å². The first-order valence-electron chi connectivity index (χ1n) is 3.95. The number of carbonyl (C=O) groups excluding carboxylic acids is 1. The van der Waals surface area contributed by atoms with Gasteiger partial charge in [0.2, 0.25) is 5.91 Å². The van der Waals surface area contributed by atoms with Crippen molar-refractivity contribution >= 4 is 16.0 Å². The molecule has 0 fully saturated rings. The Balaban J connectivity index is 0. The van der Waals surface area contributed by atoms with Crippen molar-refractivity contribution in [3.05, 3.63) is 12.2 Å². The molecule has 1 N–H and O–H groups in total. The molecule has 0 saturated carbocycles. The van der Waals surface area contributed by atoms with E-state index in [2.05, 4.69) is 11.9 Å². The second kappa shape index (κ2) is 6.61. The Hall–Kier alpha value is 0.925. The minimum atomic E-state index is -4.35. The Kier molecular flexibility index (Phi) is 8.06. The number of rotatable bonds is 4. The Labute approximate surface area is 139 Å². The van der Waals surface area contributed by atoms with Crippen LogP contribution in [0.1, 0.15) is 20.8 Å². The molecule has 0 aliphatic rings. The summed E-state index contributed by atoms with van der Waals surface area (Å²) in [5.41, 5.74) is -0.808. The zero-order chi connectivity index (χ0) is 11.6. The van der Waals surface area contributed by atoms with E-state index in [0.717, 1.165) is 0 Å². The standard InChI is InChI=1S/C8H15NO4S.Rb/c1-6(2)7(10)9-8(3,4)5-14(11,12)13;/h1,5H2,2-4H3,(H,9,10)(H,11,12,13);/q;+1/p-1. The van der Waals surface area contributed by atoms with Crippen molar-refractivity contribution in [2.24, 2.45) is 0 Å². The fourth-order valence-corrected chi connectivity index (χ4v) is 1.85. The molecule has 15 heavy (non-hydrogen) atoms. The molecule has 0 aliphatic heterocycles. The quantitative estimate of drug-likeness (QED) is 0.443. The first kappa shape index (κ1) is 18.3. The van der Waals surface area contributed by atoms with Gasteiger partial charge in [0.1, 0.15) is 0 Å². The van der Waals surface area contributed by atoms with Crippen LogP contribution >= 0.6 is 0 Å². The smallest absolute Gasteiger partial charge is 0.748 e. The van der Waals surface area contributed by atoms with Crippen LogP contribution in [0.4, 0.5) is 0 Å². The van der Waals surface area contributed by atoms with Gasteiger partial charge in [-0.15, -0.1) is 0 Å². The third kappa shape index (κ3) is 9.83. The van der Waals surface area contributed by atoms with Crippen molar-refractivity contribution in [2.45, 2.75) is 26.3 Å². The van der Waals surface area contributed by atoms with E-state index in [4.69, 9.17) is 0 Å². The number of nitrogens with one attached hydrogen (secondary N) is 1. The van der Waals surface area contributed by atoms with Crippen molar-refractivity contribution < 1.29 is 76.0 Å². The molecule has 0 spiro atoms. The van der Waals surface area contributed by atoms with Gasteiger partial charge in [-0.3, -0.25) is 4.79 Å². The number of carbonyl (C=O) groups is 1. The molecular formula is C8H14NO4RbS. The average Bonchev–Trinajstić information content (AvgIpc) is 1.78. The van der Waals surface area contributed by atoms with Gasteiger partial charge in [0.05, 0.1) is 15.9 Å². The van der Waals surface area contributed by atoms with Crippen molar-refractivity contribution in [1.82, 2.24) is 5.32 Å². The minimum absolute atomic E-state index is 0. The van der Waals surface area contributed by atoms with E-state index in [1.54, 1.807) is 0 Å². The van der Waals surface area contributed by atoms with Crippen molar-refractivity contribution in [2.75, 3.05) is 5.75 Å². The van der Waals surface area contributed by atoms with Crippen LogP contribution in [0.2, 0.25) is 0 Å². The Bertz CT molecular complexity index is 348. The average molecular weight is 306 g/mol. The first-order chi connectivity index (χ1) is 6.03. The van der Waals surface area contributed by atoms with Crippen molar-refractivity contribution in [3.8, 4) is 0 Å². The Morgan fingerprint density at radius 3 is 2.13 bits per heavy atom. The van der Waals surface area contributed by atoms with Gasteiger partial charge in [0.25, 0.3) is 0 Å². The minimum Gasteiger partial charge on any atom is -0.748 e. The summed E-state index contributed by atoms with van der Waals surface area (Å²) < 4.78 is 31.4. The maximum absolute atomic E-state index is 11.1. The van der Waals surface area contributed by atoms with Crippen molar-refractivity contribution in [3.63, 3.8) is 0 Å². The molecule has 7 heteroatoms. The largest absolute Gasteiger partial charge is 1.00 e. The maximum Gasteiger partial charge on any atom is 1.00 e. The molecule has 0 atom stereocenters. The van der Waals surface area contributed by atoms with E-state index >= 15 is 0 Å². The molecule has 0 rings (SSSR count). The SMILES string of the molecule is C=C(C)C(=O)NC(C)(C)CS(=O)(=O)[O-].[Rb+]. The summed E-state index contributed by atoms with van der Waals surface area (Å²) in [5.74, 6) is -1.10. The molecule has 0 radical (unpaired) electrons. The molecular weight excluding hydrogens is 292 g/mol. The molecule has 5 nitrogen and oxygen atoms in total. The third-order valence-corrected chi connectivity index (χ3v) is 2.45. The molecule has 0 aromatic rings. The summed E-state index contributed by atoms with van der Waals surface area (Å²) >= 11 is 0. The zero-order valence-electron chi connectivity index (χ0n) is 9.46. The van der Waals surface area contributed by atoms with Gasteiger partial charge in [-0.1, -0.05) is 6.58 Å². The van der Waals surface area contributed by atoms with E-state index in [9.17, 15) is 17.8 Å². The molecule has 0 aromatic carbocycles. The van der Waals surface area contributed by atoms with E-state index in [0.29, 0.717) is 0 Å². The summed E-state index contributed by atoms with van der Waals surface area (Å²) in [6.45, 7) is 7.82. The van der Waals surface area contributed by atoms with Gasteiger partial charge in [0, 0.05) is 11.1 Å². The molecule has 0 aromatic heterocycles. The van der Waals surface area contributed by atoms with E-state index in [-0.39, 0.29) is 63.8 Å². The normalized spacial score (nSPS) is 11.5. The van der Waals surface area contributed by atoms with Crippen LogP contribution < -0.4 is 63.5 Å². The van der Waals surface area contributed by atoms with Gasteiger partial charge in [0.15, 0.2) is 0 Å². The maximum atomic E-state index is 11.1. The van der Waals surface area contributed by atoms with Gasteiger partial charge >= 0.3 is 58.2 Å². The van der Waals surface area contributed by atoms with Crippen LogP contribution in [0, 0.1) is 0 Å². The number of hydrogen-bond acceptors (Lipinski definition) is 4. The summed E-state index contributed by atoms with van der Waals surface area (Å²) in [6.07, 6.45) is 0. The van der Waals surface area contributed by atoms with E-state index in [1.165, 1.54) is 20.8 Å². The third-order valence-electron chi connectivity index (χ3n) is 1.38. The van der Waals surface area contributed by atoms with Crippen LogP contribution in [-0.4, -0.2) is 30.2 Å². The molecule has 0 saturated heterocycles. The monoisotopic (exact) mass is 305 g/mol. The zero-order valence-corrected chi connectivity index (χ0v) is 15.2. The molecule has 0 bridgehead atoms. The summed E-state index contributed by atoms with van der Waals surface area (Å²) in [5, 5.41) is 2.39. The second-order valence-corrected chi connectivity index (χ2v) is 5.22. The van der Waals surface area contributed by atoms with Gasteiger partial charge in [-0.25, -0.2) is 8.42 Å². The number of amides is 1. The molecule has 1 amide bonds. The van der Waals surface area contributed by atoms with Crippen LogP contribution in [-0.2, 0) is 14.9 Å². The predicted molar refractivity (Wildman–Crippen MR) is 51.6 cm³/mol. The second-order valence-electron chi connectivity index (χ2n) is 3.82. The van der Waals surface area contributed by atoms with Crippen LogP contribution in [0.3, 0.4) is 0 Å². The van der Waals surface area contributed by atoms with Gasteiger partial charge in [-0.05, 0) is 20.8 Å². The topological polar surface area (TPSA) is 86.3 Å². The predicted octanol–water partition coefficient (Wildman–Crippen LogP) is -2.99.